The molecule has 1 aliphatic carbocycles. The highest BCUT2D eigenvalue weighted by Crippen LogP contribution is 2.61. The van der Waals surface area contributed by atoms with Crippen molar-refractivity contribution < 1.29 is 19.7 Å². The Morgan fingerprint density at radius 2 is 1.04 bits per heavy atom. The topological polar surface area (TPSA) is 58.9 Å². The average molecular weight is 631 g/mol. The summed E-state index contributed by atoms with van der Waals surface area (Å²) in [6, 6.07) is 35.1. The van der Waals surface area contributed by atoms with E-state index in [4.69, 9.17) is 9.47 Å². The van der Waals surface area contributed by atoms with E-state index in [1.54, 1.807) is 22.7 Å². The maximum absolute atomic E-state index is 9.42. The van der Waals surface area contributed by atoms with Crippen LogP contribution in [0.4, 0.5) is 0 Å². The maximum atomic E-state index is 9.42. The number of aryl methyl sites for hydroxylation is 2. The van der Waals surface area contributed by atoms with E-state index in [2.05, 4.69) is 110 Å². The molecule has 0 radical (unpaired) electrons. The van der Waals surface area contributed by atoms with Crippen LogP contribution in [-0.2, 0) is 5.41 Å². The second-order valence-corrected chi connectivity index (χ2v) is 13.2. The molecule has 4 nitrogen and oxygen atoms in total. The molecule has 226 valence electrons. The van der Waals surface area contributed by atoms with Crippen LogP contribution in [0, 0.1) is 13.8 Å². The quantitative estimate of drug-likeness (QED) is 0.159. The van der Waals surface area contributed by atoms with Crippen LogP contribution in [-0.4, -0.2) is 36.6 Å². The average Bonchev–Trinajstić information content (AvgIpc) is 3.84. The first-order valence-corrected chi connectivity index (χ1v) is 16.9. The Morgan fingerprint density at radius 3 is 1.42 bits per heavy atom. The van der Waals surface area contributed by atoms with Gasteiger partial charge in [0.25, 0.3) is 0 Å². The Bertz CT molecular complexity index is 1810. The molecule has 0 spiro atoms. The number of aliphatic hydroxyl groups excluding tert-OH is 2. The third kappa shape index (κ3) is 4.89. The van der Waals surface area contributed by atoms with Crippen molar-refractivity contribution in [1.82, 2.24) is 0 Å². The minimum atomic E-state index is -0.633. The van der Waals surface area contributed by atoms with E-state index in [-0.39, 0.29) is 26.4 Å². The van der Waals surface area contributed by atoms with Crippen molar-refractivity contribution in [2.24, 2.45) is 0 Å². The Labute approximate surface area is 271 Å². The Kier molecular flexibility index (Phi) is 8.06. The molecule has 0 unspecified atom stereocenters. The molecular formula is C39H34O4S2. The number of hydrogen-bond acceptors (Lipinski definition) is 6. The highest BCUT2D eigenvalue weighted by Gasteiger charge is 2.48. The molecule has 2 heterocycles. The molecule has 0 saturated heterocycles. The molecule has 45 heavy (non-hydrogen) atoms. The second-order valence-electron chi connectivity index (χ2n) is 11.3. The molecule has 4 aromatic carbocycles. The summed E-state index contributed by atoms with van der Waals surface area (Å²) in [5.74, 6) is 1.54. The van der Waals surface area contributed by atoms with Crippen molar-refractivity contribution in [1.29, 1.82) is 0 Å². The summed E-state index contributed by atoms with van der Waals surface area (Å²) >= 11 is 3.53. The van der Waals surface area contributed by atoms with Gasteiger partial charge in [-0.1, -0.05) is 72.8 Å². The summed E-state index contributed by atoms with van der Waals surface area (Å²) < 4.78 is 11.8. The second kappa shape index (κ2) is 12.3. The van der Waals surface area contributed by atoms with Crippen LogP contribution in [0.1, 0.15) is 33.4 Å². The molecule has 0 bridgehead atoms. The summed E-state index contributed by atoms with van der Waals surface area (Å²) in [6.07, 6.45) is 0. The van der Waals surface area contributed by atoms with Gasteiger partial charge in [0, 0.05) is 9.75 Å². The van der Waals surface area contributed by atoms with Crippen LogP contribution in [0.3, 0.4) is 0 Å². The molecule has 6 aromatic rings. The van der Waals surface area contributed by atoms with Crippen molar-refractivity contribution in [3.8, 4) is 43.5 Å². The fraction of sp³-hybridized carbons (Fsp3) is 0.179. The van der Waals surface area contributed by atoms with Gasteiger partial charge in [-0.15, -0.1) is 22.7 Å². The van der Waals surface area contributed by atoms with Crippen LogP contribution in [0.5, 0.6) is 11.5 Å². The third-order valence-corrected chi connectivity index (χ3v) is 10.5. The lowest BCUT2D eigenvalue weighted by molar-refractivity contribution is 0.200. The van der Waals surface area contributed by atoms with Crippen molar-refractivity contribution >= 4 is 22.7 Å². The zero-order chi connectivity index (χ0) is 31.0. The van der Waals surface area contributed by atoms with Crippen molar-refractivity contribution in [3.63, 3.8) is 0 Å². The van der Waals surface area contributed by atoms with E-state index in [1.807, 2.05) is 12.1 Å². The third-order valence-electron chi connectivity index (χ3n) is 8.67. The number of hydrogen-bond donors (Lipinski definition) is 2. The van der Waals surface area contributed by atoms with E-state index in [1.165, 1.54) is 43.1 Å². The summed E-state index contributed by atoms with van der Waals surface area (Å²) in [5, 5.41) is 23.1. The fourth-order valence-corrected chi connectivity index (χ4v) is 8.39. The van der Waals surface area contributed by atoms with Gasteiger partial charge in [0.2, 0.25) is 0 Å². The Morgan fingerprint density at radius 1 is 0.578 bits per heavy atom. The van der Waals surface area contributed by atoms with Crippen molar-refractivity contribution in [2.75, 3.05) is 26.4 Å². The van der Waals surface area contributed by atoms with E-state index in [0.717, 1.165) is 33.8 Å². The summed E-state index contributed by atoms with van der Waals surface area (Å²) in [5.41, 5.74) is 11.1. The van der Waals surface area contributed by atoms with Crippen LogP contribution >= 0.6 is 22.7 Å². The highest BCUT2D eigenvalue weighted by molar-refractivity contribution is 7.14. The molecule has 0 amide bonds. The predicted molar refractivity (Wildman–Crippen MR) is 185 cm³/mol. The lowest BCUT2D eigenvalue weighted by atomic mass is 9.67. The van der Waals surface area contributed by atoms with Gasteiger partial charge in [-0.3, -0.25) is 0 Å². The van der Waals surface area contributed by atoms with Crippen molar-refractivity contribution in [2.45, 2.75) is 19.3 Å². The van der Waals surface area contributed by atoms with Gasteiger partial charge in [0.15, 0.2) is 0 Å². The number of aliphatic hydroxyl groups is 2. The minimum absolute atomic E-state index is 0.0349. The standard InChI is InChI=1S/C39H34O4S2/c1-25-23-27(13-15-33(25)42-19-17-40)39(28-14-16-34(26(2)24-28)43-20-18-41)31-9-3-7-29(35-11-5-21-44-35)37(31)38-30(8-4-10-32(38)39)36-12-6-22-45-36/h3-16,21-24,40-41H,17-20H2,1-2H3. The first-order valence-electron chi connectivity index (χ1n) is 15.1. The summed E-state index contributed by atoms with van der Waals surface area (Å²) in [4.78, 5) is 2.48. The van der Waals surface area contributed by atoms with Crippen LogP contribution in [0.2, 0.25) is 0 Å². The fourth-order valence-electron chi connectivity index (χ4n) is 6.88. The molecule has 6 heteroatoms. The smallest absolute Gasteiger partial charge is 0.122 e. The number of rotatable bonds is 10. The molecular weight excluding hydrogens is 597 g/mol. The normalized spacial score (nSPS) is 13.0. The van der Waals surface area contributed by atoms with E-state index < -0.39 is 5.41 Å². The van der Waals surface area contributed by atoms with Crippen LogP contribution < -0.4 is 9.47 Å². The molecule has 0 aliphatic heterocycles. The van der Waals surface area contributed by atoms with Gasteiger partial charge in [-0.05, 0) is 105 Å². The van der Waals surface area contributed by atoms with Gasteiger partial charge in [0.1, 0.15) is 24.7 Å². The van der Waals surface area contributed by atoms with Crippen molar-refractivity contribution in [3.05, 3.63) is 141 Å². The Hall–Kier alpha value is -4.20. The predicted octanol–water partition coefficient (Wildman–Crippen LogP) is 8.87. The first kappa shape index (κ1) is 29.5. The summed E-state index contributed by atoms with van der Waals surface area (Å²) in [7, 11) is 0. The monoisotopic (exact) mass is 630 g/mol. The molecule has 0 fully saturated rings. The lowest BCUT2D eigenvalue weighted by Gasteiger charge is -2.35. The number of ether oxygens (including phenoxy) is 2. The summed E-state index contributed by atoms with van der Waals surface area (Å²) in [6.45, 7) is 4.57. The van der Waals surface area contributed by atoms with Gasteiger partial charge in [-0.25, -0.2) is 0 Å². The molecule has 2 N–H and O–H groups in total. The van der Waals surface area contributed by atoms with Gasteiger partial charge < -0.3 is 19.7 Å². The van der Waals surface area contributed by atoms with E-state index >= 15 is 0 Å². The molecule has 7 rings (SSSR count). The number of fused-ring (bicyclic) bond motifs is 3. The van der Waals surface area contributed by atoms with Gasteiger partial charge in [-0.2, -0.15) is 0 Å². The van der Waals surface area contributed by atoms with E-state index in [0.29, 0.717) is 0 Å². The first-order chi connectivity index (χ1) is 22.1. The molecule has 1 aliphatic rings. The molecule has 0 atom stereocenters. The van der Waals surface area contributed by atoms with Crippen LogP contribution in [0.25, 0.3) is 32.0 Å². The molecule has 0 saturated carbocycles. The van der Waals surface area contributed by atoms with E-state index in [9.17, 15) is 10.2 Å². The highest BCUT2D eigenvalue weighted by atomic mass is 32.1. The SMILES string of the molecule is Cc1cc(C2(c3ccc(OCCO)c(C)c3)c3cccc(-c4cccs4)c3-c3c(-c4cccs4)cccc32)ccc1OCCO. The van der Waals surface area contributed by atoms with Crippen LogP contribution in [0.15, 0.2) is 108 Å². The number of benzene rings is 4. The van der Waals surface area contributed by atoms with Gasteiger partial charge in [0.05, 0.1) is 18.6 Å². The maximum Gasteiger partial charge on any atom is 0.122 e. The zero-order valence-corrected chi connectivity index (χ0v) is 26.9. The number of thiophene rings is 2. The minimum Gasteiger partial charge on any atom is -0.491 e. The Balaban J connectivity index is 1.59. The lowest BCUT2D eigenvalue weighted by Crippen LogP contribution is -2.29. The molecule has 2 aromatic heterocycles. The van der Waals surface area contributed by atoms with Gasteiger partial charge >= 0.3 is 0 Å². The zero-order valence-electron chi connectivity index (χ0n) is 25.2. The largest absolute Gasteiger partial charge is 0.491 e.